The molecule has 1 aliphatic heterocycles. The van der Waals surface area contributed by atoms with Gasteiger partial charge in [0.2, 0.25) is 0 Å². The van der Waals surface area contributed by atoms with Gasteiger partial charge in [-0.15, -0.1) is 0 Å². The third-order valence-electron chi connectivity index (χ3n) is 4.29. The molecule has 0 unspecified atom stereocenters. The Morgan fingerprint density at radius 3 is 1.89 bits per heavy atom. The molecule has 142 valence electrons. The maximum Gasteiger partial charge on any atom is 0.387 e. The van der Waals surface area contributed by atoms with Gasteiger partial charge >= 0.3 is 6.61 Å². The van der Waals surface area contributed by atoms with Crippen LogP contribution in [0.5, 0.6) is 5.75 Å². The van der Waals surface area contributed by atoms with Gasteiger partial charge in [0.05, 0.1) is 11.1 Å². The number of para-hydroxylation sites is 1. The van der Waals surface area contributed by atoms with E-state index in [0.717, 1.165) is 3.57 Å². The minimum Gasteiger partial charge on any atom is -0.434 e. The lowest BCUT2D eigenvalue weighted by molar-refractivity contribution is -0.0503. The van der Waals surface area contributed by atoms with Gasteiger partial charge in [0.25, 0.3) is 11.8 Å². The van der Waals surface area contributed by atoms with Gasteiger partial charge in [0, 0.05) is 29.7 Å². The van der Waals surface area contributed by atoms with Crippen molar-refractivity contribution in [1.82, 2.24) is 9.80 Å². The molecule has 1 saturated heterocycles. The summed E-state index contributed by atoms with van der Waals surface area (Å²) in [5.74, 6) is -0.601. The third-order valence-corrected chi connectivity index (χ3v) is 5.23. The molecular weight excluding hydrogens is 469 g/mol. The van der Waals surface area contributed by atoms with E-state index in [1.54, 1.807) is 21.9 Å². The van der Waals surface area contributed by atoms with Crippen LogP contribution in [0.1, 0.15) is 20.7 Å². The molecular formula is C19H17F2IN2O3. The number of rotatable bonds is 4. The van der Waals surface area contributed by atoms with Crippen LogP contribution >= 0.6 is 22.6 Å². The maximum atomic E-state index is 12.7. The van der Waals surface area contributed by atoms with Gasteiger partial charge in [-0.3, -0.25) is 9.59 Å². The summed E-state index contributed by atoms with van der Waals surface area (Å²) in [6.45, 7) is -1.57. The second-order valence-corrected chi connectivity index (χ2v) is 7.10. The molecule has 2 aromatic rings. The van der Waals surface area contributed by atoms with Crippen LogP contribution in [-0.4, -0.2) is 54.4 Å². The zero-order valence-corrected chi connectivity index (χ0v) is 16.4. The molecule has 0 radical (unpaired) electrons. The summed E-state index contributed by atoms with van der Waals surface area (Å²) in [4.78, 5) is 28.6. The molecule has 0 N–H and O–H groups in total. The van der Waals surface area contributed by atoms with Crippen molar-refractivity contribution in [2.75, 3.05) is 26.2 Å². The van der Waals surface area contributed by atoms with Crippen molar-refractivity contribution in [3.05, 3.63) is 63.2 Å². The highest BCUT2D eigenvalue weighted by Gasteiger charge is 2.27. The number of halogens is 3. The fourth-order valence-corrected chi connectivity index (χ4v) is 3.55. The monoisotopic (exact) mass is 486 g/mol. The van der Waals surface area contributed by atoms with E-state index in [1.165, 1.54) is 18.2 Å². The number of alkyl halides is 2. The molecule has 0 aromatic heterocycles. The smallest absolute Gasteiger partial charge is 0.387 e. The Kier molecular flexibility index (Phi) is 6.25. The molecule has 2 aromatic carbocycles. The molecule has 0 spiro atoms. The van der Waals surface area contributed by atoms with Crippen LogP contribution in [0.4, 0.5) is 8.78 Å². The zero-order valence-electron chi connectivity index (χ0n) is 14.3. The van der Waals surface area contributed by atoms with Crippen LogP contribution in [0.25, 0.3) is 0 Å². The third kappa shape index (κ3) is 4.55. The number of nitrogens with zero attached hydrogens (tertiary/aromatic N) is 2. The highest BCUT2D eigenvalue weighted by Crippen LogP contribution is 2.23. The van der Waals surface area contributed by atoms with Crippen LogP contribution in [0.15, 0.2) is 48.5 Å². The molecule has 0 aliphatic carbocycles. The predicted molar refractivity (Wildman–Crippen MR) is 104 cm³/mol. The zero-order chi connectivity index (χ0) is 19.4. The first-order valence-corrected chi connectivity index (χ1v) is 9.42. The molecule has 0 bridgehead atoms. The van der Waals surface area contributed by atoms with Crippen LogP contribution < -0.4 is 4.74 Å². The molecule has 1 aliphatic rings. The molecule has 5 nitrogen and oxygen atoms in total. The Morgan fingerprint density at radius 1 is 0.852 bits per heavy atom. The first-order chi connectivity index (χ1) is 13.0. The lowest BCUT2D eigenvalue weighted by Crippen LogP contribution is -2.50. The summed E-state index contributed by atoms with van der Waals surface area (Å²) in [7, 11) is 0. The molecule has 8 heteroatoms. The topological polar surface area (TPSA) is 49.9 Å². The van der Waals surface area contributed by atoms with E-state index < -0.39 is 6.61 Å². The van der Waals surface area contributed by atoms with Gasteiger partial charge < -0.3 is 14.5 Å². The molecule has 1 fully saturated rings. The first kappa shape index (κ1) is 19.5. The number of carbonyl (C=O) groups is 2. The number of amides is 2. The fourth-order valence-electron chi connectivity index (χ4n) is 2.93. The molecule has 3 rings (SSSR count). The second kappa shape index (κ2) is 8.64. The Labute approximate surface area is 169 Å². The lowest BCUT2D eigenvalue weighted by Gasteiger charge is -2.35. The standard InChI is InChI=1S/C19H17F2IN2O3/c20-19(21)27-16-8-4-2-6-14(16)18(26)24-11-9-23(10-12-24)17(25)13-5-1-3-7-15(13)22/h1-8,19H,9-12H2. The lowest BCUT2D eigenvalue weighted by atomic mass is 10.1. The maximum absolute atomic E-state index is 12.7. The number of ether oxygens (including phenoxy) is 1. The van der Waals surface area contributed by atoms with Gasteiger partial charge in [-0.2, -0.15) is 8.78 Å². The van der Waals surface area contributed by atoms with E-state index >= 15 is 0 Å². The Balaban J connectivity index is 1.67. The first-order valence-electron chi connectivity index (χ1n) is 8.34. The highest BCUT2D eigenvalue weighted by atomic mass is 127. The largest absolute Gasteiger partial charge is 0.434 e. The number of benzene rings is 2. The molecule has 0 atom stereocenters. The number of hydrogen-bond acceptors (Lipinski definition) is 3. The second-order valence-electron chi connectivity index (χ2n) is 5.94. The quantitative estimate of drug-likeness (QED) is 0.623. The van der Waals surface area contributed by atoms with Gasteiger partial charge in [-0.1, -0.05) is 24.3 Å². The van der Waals surface area contributed by atoms with Crippen LogP contribution in [-0.2, 0) is 0 Å². The van der Waals surface area contributed by atoms with Crippen molar-refractivity contribution in [2.45, 2.75) is 6.61 Å². The van der Waals surface area contributed by atoms with E-state index in [1.807, 2.05) is 18.2 Å². The average molecular weight is 486 g/mol. The predicted octanol–water partition coefficient (Wildman–Crippen LogP) is 3.49. The number of piperazine rings is 1. The van der Waals surface area contributed by atoms with Crippen molar-refractivity contribution in [3.8, 4) is 5.75 Å². The van der Waals surface area contributed by atoms with Crippen molar-refractivity contribution < 1.29 is 23.1 Å². The Hall–Kier alpha value is -2.23. The minimum atomic E-state index is -3.00. The molecule has 1 heterocycles. The van der Waals surface area contributed by atoms with E-state index in [9.17, 15) is 18.4 Å². The summed E-state index contributed by atoms with van der Waals surface area (Å²) in [6, 6.07) is 13.3. The Morgan fingerprint density at radius 2 is 1.33 bits per heavy atom. The van der Waals surface area contributed by atoms with Crippen molar-refractivity contribution >= 4 is 34.4 Å². The van der Waals surface area contributed by atoms with Crippen molar-refractivity contribution in [3.63, 3.8) is 0 Å². The molecule has 0 saturated carbocycles. The van der Waals surface area contributed by atoms with Gasteiger partial charge in [0.15, 0.2) is 0 Å². The van der Waals surface area contributed by atoms with Gasteiger partial charge in [0.1, 0.15) is 5.75 Å². The van der Waals surface area contributed by atoms with Crippen LogP contribution in [0.3, 0.4) is 0 Å². The summed E-state index contributed by atoms with van der Waals surface area (Å²) >= 11 is 2.12. The SMILES string of the molecule is O=C(c1ccccc1I)N1CCN(C(=O)c2ccccc2OC(F)F)CC1. The highest BCUT2D eigenvalue weighted by molar-refractivity contribution is 14.1. The van der Waals surface area contributed by atoms with Gasteiger partial charge in [-0.05, 0) is 46.9 Å². The van der Waals surface area contributed by atoms with Crippen molar-refractivity contribution in [2.24, 2.45) is 0 Å². The summed E-state index contributed by atoms with van der Waals surface area (Å²) in [6.07, 6.45) is 0. The molecule has 27 heavy (non-hydrogen) atoms. The summed E-state index contributed by atoms with van der Waals surface area (Å²) < 4.78 is 30.4. The van der Waals surface area contributed by atoms with Crippen LogP contribution in [0.2, 0.25) is 0 Å². The normalized spacial score (nSPS) is 14.4. The fraction of sp³-hybridized carbons (Fsp3) is 0.263. The number of hydrogen-bond donors (Lipinski definition) is 0. The van der Waals surface area contributed by atoms with E-state index in [-0.39, 0.29) is 23.1 Å². The van der Waals surface area contributed by atoms with E-state index in [2.05, 4.69) is 27.3 Å². The minimum absolute atomic E-state index is 0.0754. The summed E-state index contributed by atoms with van der Waals surface area (Å²) in [5, 5.41) is 0. The van der Waals surface area contributed by atoms with E-state index in [0.29, 0.717) is 31.7 Å². The average Bonchev–Trinajstić information content (AvgIpc) is 2.67. The van der Waals surface area contributed by atoms with Crippen LogP contribution in [0, 0.1) is 3.57 Å². The van der Waals surface area contributed by atoms with Crippen molar-refractivity contribution in [1.29, 1.82) is 0 Å². The van der Waals surface area contributed by atoms with Gasteiger partial charge in [-0.25, -0.2) is 0 Å². The number of carbonyl (C=O) groups excluding carboxylic acids is 2. The summed E-state index contributed by atoms with van der Waals surface area (Å²) in [5.41, 5.74) is 0.726. The Bertz CT molecular complexity index is 839. The molecule has 2 amide bonds. The van der Waals surface area contributed by atoms with E-state index in [4.69, 9.17) is 0 Å².